The molecule has 2 rings (SSSR count). The van der Waals surface area contributed by atoms with Gasteiger partial charge in [0, 0.05) is 17.5 Å². The first-order valence-corrected chi connectivity index (χ1v) is 6.34. The summed E-state index contributed by atoms with van der Waals surface area (Å²) in [6, 6.07) is 9.21. The van der Waals surface area contributed by atoms with Crippen LogP contribution < -0.4 is 10.5 Å². The molecule has 1 aliphatic rings. The molecule has 3 unspecified atom stereocenters. The SMILES string of the molecule is CC1(c2cccc([NH+]([O-])O)c2)C(C#N)C(=O)NC(=O)C1C#N. The fourth-order valence-electron chi connectivity index (χ4n) is 2.68. The Kier molecular flexibility index (Phi) is 3.93. The number of benzene rings is 1. The Morgan fingerprint density at radius 1 is 1.27 bits per heavy atom. The second-order valence-corrected chi connectivity index (χ2v) is 5.15. The summed E-state index contributed by atoms with van der Waals surface area (Å²) in [6.07, 6.45) is 0. The van der Waals surface area contributed by atoms with Gasteiger partial charge in [0.15, 0.2) is 5.69 Å². The molecule has 0 bridgehead atoms. The van der Waals surface area contributed by atoms with E-state index in [9.17, 15) is 25.3 Å². The van der Waals surface area contributed by atoms with Crippen molar-refractivity contribution in [2.45, 2.75) is 12.3 Å². The summed E-state index contributed by atoms with van der Waals surface area (Å²) in [4.78, 5) is 23.8. The van der Waals surface area contributed by atoms with Crippen molar-refractivity contribution in [3.63, 3.8) is 0 Å². The molecule has 0 saturated carbocycles. The lowest BCUT2D eigenvalue weighted by atomic mass is 9.62. The van der Waals surface area contributed by atoms with E-state index in [1.165, 1.54) is 31.2 Å². The van der Waals surface area contributed by atoms with Crippen LogP contribution >= 0.6 is 0 Å². The highest BCUT2D eigenvalue weighted by molar-refractivity contribution is 6.04. The third-order valence-corrected chi connectivity index (χ3v) is 3.96. The maximum absolute atomic E-state index is 11.9. The fourth-order valence-corrected chi connectivity index (χ4v) is 2.68. The van der Waals surface area contributed by atoms with E-state index in [1.807, 2.05) is 17.5 Å². The van der Waals surface area contributed by atoms with Crippen LogP contribution in [0.2, 0.25) is 0 Å². The van der Waals surface area contributed by atoms with E-state index in [-0.39, 0.29) is 11.3 Å². The van der Waals surface area contributed by atoms with Gasteiger partial charge in [0.1, 0.15) is 11.8 Å². The summed E-state index contributed by atoms with van der Waals surface area (Å²) in [5.41, 5.74) is -1.19. The number of nitrogens with one attached hydrogen (secondary N) is 2. The molecule has 22 heavy (non-hydrogen) atoms. The quantitative estimate of drug-likeness (QED) is 0.486. The average Bonchev–Trinajstić information content (AvgIpc) is 2.47. The lowest BCUT2D eigenvalue weighted by Gasteiger charge is -2.40. The second kappa shape index (κ2) is 5.54. The summed E-state index contributed by atoms with van der Waals surface area (Å²) in [7, 11) is 0. The monoisotopic (exact) mass is 300 g/mol. The van der Waals surface area contributed by atoms with Gasteiger partial charge in [0.2, 0.25) is 11.8 Å². The Morgan fingerprint density at radius 2 is 1.82 bits per heavy atom. The first kappa shape index (κ1) is 15.6. The Labute approximate surface area is 125 Å². The lowest BCUT2D eigenvalue weighted by molar-refractivity contribution is -0.991. The first-order chi connectivity index (χ1) is 10.4. The number of carbonyl (C=O) groups is 2. The molecule has 1 heterocycles. The minimum atomic E-state index is -1.42. The van der Waals surface area contributed by atoms with Crippen LogP contribution in [0.15, 0.2) is 24.3 Å². The van der Waals surface area contributed by atoms with Gasteiger partial charge in [0.05, 0.1) is 12.1 Å². The van der Waals surface area contributed by atoms with Crippen molar-refractivity contribution in [3.8, 4) is 12.1 Å². The predicted molar refractivity (Wildman–Crippen MR) is 70.9 cm³/mol. The van der Waals surface area contributed by atoms with Gasteiger partial charge in [-0.3, -0.25) is 14.9 Å². The average molecular weight is 300 g/mol. The molecule has 1 aliphatic heterocycles. The minimum Gasteiger partial charge on any atom is -0.595 e. The van der Waals surface area contributed by atoms with E-state index in [0.717, 1.165) is 0 Å². The van der Waals surface area contributed by atoms with Crippen LogP contribution in [0.1, 0.15) is 12.5 Å². The van der Waals surface area contributed by atoms with Gasteiger partial charge in [-0.2, -0.15) is 15.8 Å². The highest BCUT2D eigenvalue weighted by Crippen LogP contribution is 2.42. The van der Waals surface area contributed by atoms with E-state index >= 15 is 0 Å². The van der Waals surface area contributed by atoms with E-state index in [4.69, 9.17) is 5.21 Å². The zero-order valence-corrected chi connectivity index (χ0v) is 11.5. The molecule has 0 aliphatic carbocycles. The number of imide groups is 1. The number of carbonyl (C=O) groups excluding carboxylic acids is 2. The summed E-state index contributed by atoms with van der Waals surface area (Å²) in [5.74, 6) is -4.14. The van der Waals surface area contributed by atoms with Gasteiger partial charge >= 0.3 is 0 Å². The van der Waals surface area contributed by atoms with Crippen LogP contribution in [-0.2, 0) is 15.0 Å². The number of hydrogen-bond acceptors (Lipinski definition) is 6. The highest BCUT2D eigenvalue weighted by atomic mass is 16.8. The minimum absolute atomic E-state index is 0.0504. The smallest absolute Gasteiger partial charge is 0.244 e. The van der Waals surface area contributed by atoms with Crippen LogP contribution in [0.3, 0.4) is 0 Å². The van der Waals surface area contributed by atoms with Crippen LogP contribution in [-0.4, -0.2) is 17.0 Å². The summed E-state index contributed by atoms with van der Waals surface area (Å²) in [6.45, 7) is 1.45. The van der Waals surface area contributed by atoms with Gasteiger partial charge in [0.25, 0.3) is 0 Å². The maximum atomic E-state index is 11.9. The zero-order chi connectivity index (χ0) is 16.5. The molecule has 112 valence electrons. The molecule has 0 aromatic heterocycles. The molecule has 3 N–H and O–H groups in total. The van der Waals surface area contributed by atoms with E-state index < -0.39 is 34.3 Å². The molecule has 1 fully saturated rings. The lowest BCUT2D eigenvalue weighted by Crippen LogP contribution is -2.99. The molecule has 1 aromatic rings. The van der Waals surface area contributed by atoms with Gasteiger partial charge < -0.3 is 5.21 Å². The maximum Gasteiger partial charge on any atom is 0.244 e. The van der Waals surface area contributed by atoms with Crippen molar-refractivity contribution in [2.75, 3.05) is 0 Å². The molecule has 2 amide bonds. The second-order valence-electron chi connectivity index (χ2n) is 5.15. The largest absolute Gasteiger partial charge is 0.595 e. The molecule has 0 radical (unpaired) electrons. The van der Waals surface area contributed by atoms with Crippen LogP contribution in [0.25, 0.3) is 0 Å². The van der Waals surface area contributed by atoms with E-state index in [0.29, 0.717) is 0 Å². The Balaban J connectivity index is 2.67. The summed E-state index contributed by atoms with van der Waals surface area (Å²) >= 11 is 0. The van der Waals surface area contributed by atoms with Crippen molar-refractivity contribution in [1.29, 1.82) is 10.5 Å². The normalized spacial score (nSPS) is 29.1. The van der Waals surface area contributed by atoms with Crippen LogP contribution in [0.5, 0.6) is 0 Å². The highest BCUT2D eigenvalue weighted by Gasteiger charge is 2.54. The number of piperidine rings is 1. The topological polar surface area (TPSA) is 141 Å². The summed E-state index contributed by atoms with van der Waals surface area (Å²) < 4.78 is 0. The number of rotatable bonds is 2. The number of hydrogen-bond donors (Lipinski definition) is 3. The van der Waals surface area contributed by atoms with Crippen LogP contribution in [0, 0.1) is 39.7 Å². The number of amides is 2. The number of nitriles is 2. The Morgan fingerprint density at radius 3 is 2.27 bits per heavy atom. The third-order valence-electron chi connectivity index (χ3n) is 3.96. The van der Waals surface area contributed by atoms with Crippen molar-refractivity contribution in [3.05, 3.63) is 35.0 Å². The number of nitrogens with zero attached hydrogens (tertiary/aromatic N) is 2. The Bertz CT molecular complexity index is 684. The van der Waals surface area contributed by atoms with Crippen molar-refractivity contribution in [1.82, 2.24) is 5.32 Å². The molecule has 1 saturated heterocycles. The molecule has 0 spiro atoms. The Hall–Kier alpha value is -2.78. The van der Waals surface area contributed by atoms with Gasteiger partial charge in [-0.25, -0.2) is 5.21 Å². The van der Waals surface area contributed by atoms with Crippen LogP contribution in [0.4, 0.5) is 5.69 Å². The number of quaternary nitrogens is 1. The summed E-state index contributed by atoms with van der Waals surface area (Å²) in [5, 5.41) is 39.6. The van der Waals surface area contributed by atoms with Gasteiger partial charge in [-0.1, -0.05) is 19.1 Å². The molecular weight excluding hydrogens is 288 g/mol. The molecule has 8 heteroatoms. The third kappa shape index (κ3) is 2.22. The van der Waals surface area contributed by atoms with Crippen molar-refractivity contribution < 1.29 is 20.0 Å². The molecule has 1 aromatic carbocycles. The molecule has 8 nitrogen and oxygen atoms in total. The molecule has 3 atom stereocenters. The fraction of sp³-hybridized carbons (Fsp3) is 0.286. The van der Waals surface area contributed by atoms with Crippen molar-refractivity contribution in [2.24, 2.45) is 11.8 Å². The van der Waals surface area contributed by atoms with Gasteiger partial charge in [-0.15, -0.1) is 0 Å². The van der Waals surface area contributed by atoms with E-state index in [1.54, 1.807) is 0 Å². The van der Waals surface area contributed by atoms with Gasteiger partial charge in [-0.05, 0) is 5.56 Å². The standard InChI is InChI=1S/C14H12N4O4/c1-14(8-3-2-4-9(5-8)18(21)22)10(6-15)12(19)17-13(20)11(14)7-16/h2-5,10-11,18,21H,1H3,(H,17,19,20). The zero-order valence-electron chi connectivity index (χ0n) is 11.5. The molecular formula is C14H12N4O4. The predicted octanol–water partition coefficient (Wildman–Crippen LogP) is -0.716. The van der Waals surface area contributed by atoms with E-state index in [2.05, 4.69) is 0 Å². The van der Waals surface area contributed by atoms with Crippen molar-refractivity contribution >= 4 is 17.5 Å². The first-order valence-electron chi connectivity index (χ1n) is 6.34.